The van der Waals surface area contributed by atoms with E-state index in [1.807, 2.05) is 0 Å². The minimum Gasteiger partial charge on any atom is -0.475 e. The molecule has 0 radical (unpaired) electrons. The van der Waals surface area contributed by atoms with Gasteiger partial charge in [0.05, 0.1) is 23.7 Å². The number of anilines is 3. The maximum Gasteiger partial charge on any atom is 0.490 e. The fourth-order valence-electron chi connectivity index (χ4n) is 3.65. The van der Waals surface area contributed by atoms with Crippen molar-refractivity contribution in [3.05, 3.63) is 47.5 Å². The lowest BCUT2D eigenvalue weighted by Crippen LogP contribution is -2.43. The van der Waals surface area contributed by atoms with Crippen molar-refractivity contribution >= 4 is 44.9 Å². The highest BCUT2D eigenvalue weighted by Gasteiger charge is 2.38. The fraction of sp³-hybridized carbons (Fsp3) is 0.400. The van der Waals surface area contributed by atoms with Gasteiger partial charge in [0.2, 0.25) is 5.91 Å². The Balaban J connectivity index is 0.000000745. The van der Waals surface area contributed by atoms with Crippen LogP contribution < -0.4 is 25.6 Å². The van der Waals surface area contributed by atoms with Crippen LogP contribution in [0.3, 0.4) is 0 Å². The summed E-state index contributed by atoms with van der Waals surface area (Å²) in [6, 6.07) is 9.74. The first-order valence-corrected chi connectivity index (χ1v) is 13.7. The van der Waals surface area contributed by atoms with Gasteiger partial charge in [-0.2, -0.15) is 13.2 Å². The number of ether oxygens (including phenoxy) is 1. The predicted molar refractivity (Wildman–Crippen MR) is 146 cm³/mol. The molecule has 0 aliphatic carbocycles. The number of carbonyl (C=O) groups excluding carboxylic acids is 2. The number of amides is 2. The van der Waals surface area contributed by atoms with Crippen molar-refractivity contribution in [2.75, 3.05) is 61.4 Å². The molecule has 1 aliphatic heterocycles. The highest BCUT2D eigenvalue weighted by atomic mass is 32.2. The summed E-state index contributed by atoms with van der Waals surface area (Å²) in [7, 11) is -2.55. The Labute approximate surface area is 235 Å². The number of sulfonamides is 1. The summed E-state index contributed by atoms with van der Waals surface area (Å²) in [5, 5.41) is 15.7. The number of halogens is 3. The molecule has 12 nitrogen and oxygen atoms in total. The third-order valence-electron chi connectivity index (χ3n) is 5.53. The third-order valence-corrected chi connectivity index (χ3v) is 6.94. The number of aliphatic carboxylic acids is 1. The number of carboxylic acids is 1. The molecule has 0 bridgehead atoms. The van der Waals surface area contributed by atoms with Gasteiger partial charge in [-0.3, -0.25) is 14.3 Å². The molecule has 1 saturated heterocycles. The Morgan fingerprint density at radius 2 is 1.71 bits per heavy atom. The molecule has 16 heteroatoms. The molecule has 0 atom stereocenters. The molecule has 1 heterocycles. The normalized spacial score (nSPS) is 13.5. The molecule has 0 aromatic heterocycles. The molecule has 0 saturated carbocycles. The lowest BCUT2D eigenvalue weighted by molar-refractivity contribution is -0.192. The third kappa shape index (κ3) is 10.2. The molecule has 5 N–H and O–H groups in total. The van der Waals surface area contributed by atoms with Gasteiger partial charge in [0.1, 0.15) is 4.90 Å². The van der Waals surface area contributed by atoms with Gasteiger partial charge in [-0.1, -0.05) is 6.07 Å². The summed E-state index contributed by atoms with van der Waals surface area (Å²) in [4.78, 5) is 35.1. The zero-order valence-electron chi connectivity index (χ0n) is 22.6. The summed E-state index contributed by atoms with van der Waals surface area (Å²) in [6.45, 7) is 6.69. The average Bonchev–Trinajstić information content (AvgIpc) is 2.89. The van der Waals surface area contributed by atoms with Crippen LogP contribution in [-0.4, -0.2) is 83.9 Å². The average molecular weight is 604 g/mol. The number of rotatable bonds is 9. The second-order valence-electron chi connectivity index (χ2n) is 8.81. The van der Waals surface area contributed by atoms with Crippen molar-refractivity contribution in [3.8, 4) is 0 Å². The molecule has 2 aromatic carbocycles. The van der Waals surface area contributed by atoms with Crippen molar-refractivity contribution in [1.29, 1.82) is 0 Å². The van der Waals surface area contributed by atoms with E-state index < -0.39 is 22.2 Å². The molecule has 1 aliphatic rings. The first-order chi connectivity index (χ1) is 19.2. The summed E-state index contributed by atoms with van der Waals surface area (Å²) in [5.74, 6) is -3.47. The highest BCUT2D eigenvalue weighted by Crippen LogP contribution is 2.32. The second kappa shape index (κ2) is 14.7. The van der Waals surface area contributed by atoms with Crippen molar-refractivity contribution in [1.82, 2.24) is 10.6 Å². The Morgan fingerprint density at radius 3 is 2.27 bits per heavy atom. The minimum atomic E-state index is -5.08. The van der Waals surface area contributed by atoms with Crippen molar-refractivity contribution in [2.24, 2.45) is 0 Å². The van der Waals surface area contributed by atoms with E-state index in [-0.39, 0.29) is 28.1 Å². The molecular weight excluding hydrogens is 571 g/mol. The van der Waals surface area contributed by atoms with E-state index in [2.05, 4.69) is 25.6 Å². The van der Waals surface area contributed by atoms with E-state index >= 15 is 0 Å². The van der Waals surface area contributed by atoms with Gasteiger partial charge in [-0.15, -0.1) is 0 Å². The number of piperazine rings is 1. The zero-order valence-corrected chi connectivity index (χ0v) is 23.4. The van der Waals surface area contributed by atoms with Crippen LogP contribution in [0.15, 0.2) is 41.3 Å². The number of carbonyl (C=O) groups is 3. The molecular formula is C25H32F3N5O7S. The number of carboxylic acid groups (broad SMARTS) is 1. The van der Waals surface area contributed by atoms with Gasteiger partial charge < -0.3 is 30.7 Å². The summed E-state index contributed by atoms with van der Waals surface area (Å²) < 4.78 is 66.3. The Morgan fingerprint density at radius 1 is 1.07 bits per heavy atom. The SMILES string of the molecule is COCCNC(=O)c1ccc(N2CCNCC2)c(NS(=O)(=O)c2cc(C)ccc2NC(C)=O)c1.O=C(O)C(F)(F)F. The maximum absolute atomic E-state index is 13.5. The Bertz CT molecular complexity index is 1350. The molecule has 1 fully saturated rings. The van der Waals surface area contributed by atoms with Crippen LogP contribution in [0, 0.1) is 6.92 Å². The molecule has 3 rings (SSSR count). The van der Waals surface area contributed by atoms with Crippen molar-refractivity contribution in [2.45, 2.75) is 24.9 Å². The topological polar surface area (TPSA) is 166 Å². The number of hydrogen-bond donors (Lipinski definition) is 5. The maximum atomic E-state index is 13.5. The number of nitrogens with zero attached hydrogens (tertiary/aromatic N) is 1. The number of aryl methyl sites for hydroxylation is 1. The molecule has 226 valence electrons. The summed E-state index contributed by atoms with van der Waals surface area (Å²) in [5.41, 5.74) is 2.19. The van der Waals surface area contributed by atoms with Crippen LogP contribution in [0.1, 0.15) is 22.8 Å². The lowest BCUT2D eigenvalue weighted by Gasteiger charge is -2.31. The largest absolute Gasteiger partial charge is 0.490 e. The monoisotopic (exact) mass is 603 g/mol. The highest BCUT2D eigenvalue weighted by molar-refractivity contribution is 7.93. The van der Waals surface area contributed by atoms with Gasteiger partial charge in [0, 0.05) is 52.3 Å². The van der Waals surface area contributed by atoms with Gasteiger partial charge >= 0.3 is 12.1 Å². The Hall–Kier alpha value is -3.89. The van der Waals surface area contributed by atoms with Crippen LogP contribution >= 0.6 is 0 Å². The van der Waals surface area contributed by atoms with Crippen molar-refractivity contribution in [3.63, 3.8) is 0 Å². The standard InChI is InChI=1S/C23H31N5O5S.C2HF3O2/c1-16-4-6-19(26-17(2)29)22(14-16)34(31,32)27-20-15-18(23(30)25-10-13-33-3)5-7-21(20)28-11-8-24-9-12-28;3-2(4,5)1(6)7/h4-7,14-15,24,27H,8-13H2,1-3H3,(H,25,30)(H,26,29);(H,6,7). The van der Waals surface area contributed by atoms with Crippen LogP contribution in [0.4, 0.5) is 30.2 Å². The van der Waals surface area contributed by atoms with E-state index in [1.165, 1.54) is 19.1 Å². The Kier molecular flexibility index (Phi) is 11.9. The summed E-state index contributed by atoms with van der Waals surface area (Å²) >= 11 is 0. The smallest absolute Gasteiger partial charge is 0.475 e. The summed E-state index contributed by atoms with van der Waals surface area (Å²) in [6.07, 6.45) is -5.08. The fourth-order valence-corrected chi connectivity index (χ4v) is 4.97. The van der Waals surface area contributed by atoms with E-state index in [1.54, 1.807) is 38.3 Å². The van der Waals surface area contributed by atoms with Crippen molar-refractivity contribution < 1.29 is 45.8 Å². The molecule has 0 unspecified atom stereocenters. The molecule has 0 spiro atoms. The van der Waals surface area contributed by atoms with Gasteiger partial charge in [-0.25, -0.2) is 13.2 Å². The first-order valence-electron chi connectivity index (χ1n) is 12.2. The van der Waals surface area contributed by atoms with E-state index in [0.29, 0.717) is 37.5 Å². The predicted octanol–water partition coefficient (Wildman–Crippen LogP) is 2.17. The number of benzene rings is 2. The van der Waals surface area contributed by atoms with Gasteiger partial charge in [0.15, 0.2) is 0 Å². The first kappa shape index (κ1) is 33.3. The lowest BCUT2D eigenvalue weighted by atomic mass is 10.1. The number of nitrogens with one attached hydrogen (secondary N) is 4. The van der Waals surface area contributed by atoms with Crippen LogP contribution in [0.5, 0.6) is 0 Å². The molecule has 2 aromatic rings. The van der Waals surface area contributed by atoms with E-state index in [0.717, 1.165) is 18.7 Å². The molecule has 41 heavy (non-hydrogen) atoms. The quantitative estimate of drug-likeness (QED) is 0.270. The second-order valence-corrected chi connectivity index (χ2v) is 10.5. The van der Waals surface area contributed by atoms with E-state index in [9.17, 15) is 31.2 Å². The number of hydrogen-bond acceptors (Lipinski definition) is 8. The number of methoxy groups -OCH3 is 1. The number of alkyl halides is 3. The van der Waals surface area contributed by atoms with Gasteiger partial charge in [-0.05, 0) is 42.8 Å². The van der Waals surface area contributed by atoms with Crippen LogP contribution in [-0.2, 0) is 24.3 Å². The van der Waals surface area contributed by atoms with Gasteiger partial charge in [0.25, 0.3) is 15.9 Å². The zero-order chi connectivity index (χ0) is 30.8. The molecule has 2 amide bonds. The van der Waals surface area contributed by atoms with Crippen LogP contribution in [0.2, 0.25) is 0 Å². The minimum absolute atomic E-state index is 0.0519. The van der Waals surface area contributed by atoms with E-state index in [4.69, 9.17) is 14.6 Å². The van der Waals surface area contributed by atoms with Crippen LogP contribution in [0.25, 0.3) is 0 Å².